The normalized spacial score (nSPS) is 22.9. The van der Waals surface area contributed by atoms with E-state index in [1.54, 1.807) is 6.26 Å². The Labute approximate surface area is 122 Å². The molecule has 0 bridgehead atoms. The van der Waals surface area contributed by atoms with Crippen molar-refractivity contribution in [3.63, 3.8) is 0 Å². The molecule has 1 fully saturated rings. The monoisotopic (exact) mass is 283 g/mol. The highest BCUT2D eigenvalue weighted by Gasteiger charge is 2.25. The zero-order valence-electron chi connectivity index (χ0n) is 13.1. The second-order valence-corrected chi connectivity index (χ2v) is 6.46. The van der Waals surface area contributed by atoms with Gasteiger partial charge in [-0.15, -0.1) is 0 Å². The molecule has 0 saturated heterocycles. The van der Waals surface area contributed by atoms with E-state index in [1.165, 1.54) is 19.3 Å². The van der Waals surface area contributed by atoms with Crippen LogP contribution in [0.25, 0.3) is 0 Å². The van der Waals surface area contributed by atoms with Crippen molar-refractivity contribution in [2.75, 3.05) is 6.54 Å². The lowest BCUT2D eigenvalue weighted by Crippen LogP contribution is -2.33. The van der Waals surface area contributed by atoms with Crippen molar-refractivity contribution in [3.8, 4) is 0 Å². The zero-order valence-corrected chi connectivity index (χ0v) is 13.1. The SMILES string of the molecule is C=COC1CCCCC1CCCNC(=O)OC(C)(C)C. The minimum absolute atomic E-state index is 0.308. The van der Waals surface area contributed by atoms with Gasteiger partial charge in [0.25, 0.3) is 0 Å². The summed E-state index contributed by atoms with van der Waals surface area (Å²) in [5.74, 6) is 0.585. The minimum atomic E-state index is -0.434. The van der Waals surface area contributed by atoms with Crippen molar-refractivity contribution in [1.29, 1.82) is 0 Å². The summed E-state index contributed by atoms with van der Waals surface area (Å²) in [6, 6.07) is 0. The van der Waals surface area contributed by atoms with Gasteiger partial charge in [-0.3, -0.25) is 0 Å². The molecule has 2 unspecified atom stereocenters. The number of hydrogen-bond acceptors (Lipinski definition) is 3. The van der Waals surface area contributed by atoms with E-state index in [1.807, 2.05) is 20.8 Å². The van der Waals surface area contributed by atoms with E-state index >= 15 is 0 Å². The van der Waals surface area contributed by atoms with E-state index in [2.05, 4.69) is 11.9 Å². The number of carbonyl (C=O) groups excluding carboxylic acids is 1. The van der Waals surface area contributed by atoms with Gasteiger partial charge in [0, 0.05) is 6.54 Å². The fourth-order valence-electron chi connectivity index (χ4n) is 2.68. The Kier molecular flexibility index (Phi) is 6.89. The molecular weight excluding hydrogens is 254 g/mol. The Balaban J connectivity index is 2.19. The van der Waals surface area contributed by atoms with Gasteiger partial charge < -0.3 is 14.8 Å². The minimum Gasteiger partial charge on any atom is -0.498 e. The van der Waals surface area contributed by atoms with Gasteiger partial charge in [0.15, 0.2) is 0 Å². The molecule has 2 atom stereocenters. The quantitative estimate of drug-likeness (QED) is 0.592. The van der Waals surface area contributed by atoms with E-state index in [4.69, 9.17) is 9.47 Å². The summed E-state index contributed by atoms with van der Waals surface area (Å²) >= 11 is 0. The third-order valence-corrected chi connectivity index (χ3v) is 3.53. The maximum absolute atomic E-state index is 11.5. The summed E-state index contributed by atoms with van der Waals surface area (Å²) in [6.07, 6.45) is 8.42. The molecule has 1 aliphatic carbocycles. The Morgan fingerprint density at radius 3 is 2.70 bits per heavy atom. The molecule has 4 nitrogen and oxygen atoms in total. The Morgan fingerprint density at radius 1 is 1.35 bits per heavy atom. The molecule has 1 rings (SSSR count). The molecule has 20 heavy (non-hydrogen) atoms. The molecule has 0 aromatic rings. The molecule has 0 heterocycles. The summed E-state index contributed by atoms with van der Waals surface area (Å²) in [5, 5.41) is 2.80. The van der Waals surface area contributed by atoms with Crippen LogP contribution in [-0.2, 0) is 9.47 Å². The lowest BCUT2D eigenvalue weighted by molar-refractivity contribution is 0.0459. The molecule has 1 N–H and O–H groups in total. The molecule has 1 amide bonds. The summed E-state index contributed by atoms with van der Waals surface area (Å²) in [7, 11) is 0. The molecule has 1 aliphatic rings. The maximum atomic E-state index is 11.5. The van der Waals surface area contributed by atoms with Crippen LogP contribution in [0.5, 0.6) is 0 Å². The van der Waals surface area contributed by atoms with Gasteiger partial charge in [0.05, 0.1) is 6.26 Å². The van der Waals surface area contributed by atoms with Crippen LogP contribution in [0, 0.1) is 5.92 Å². The molecule has 0 radical (unpaired) electrons. The van der Waals surface area contributed by atoms with Crippen LogP contribution in [0.1, 0.15) is 59.3 Å². The van der Waals surface area contributed by atoms with Gasteiger partial charge in [-0.25, -0.2) is 4.79 Å². The van der Waals surface area contributed by atoms with Crippen molar-refractivity contribution in [3.05, 3.63) is 12.8 Å². The average molecular weight is 283 g/mol. The molecule has 116 valence electrons. The Morgan fingerprint density at radius 2 is 2.05 bits per heavy atom. The molecule has 1 saturated carbocycles. The number of rotatable bonds is 6. The first-order chi connectivity index (χ1) is 9.42. The number of carbonyl (C=O) groups is 1. The van der Waals surface area contributed by atoms with Crippen LogP contribution < -0.4 is 5.32 Å². The zero-order chi connectivity index (χ0) is 15.0. The van der Waals surface area contributed by atoms with Crippen molar-refractivity contribution in [1.82, 2.24) is 5.32 Å². The standard InChI is InChI=1S/C16H29NO3/c1-5-19-14-11-7-6-9-13(14)10-8-12-17-15(18)20-16(2,3)4/h5,13-14H,1,6-12H2,2-4H3,(H,17,18). The third kappa shape index (κ3) is 6.83. The summed E-state index contributed by atoms with van der Waals surface area (Å²) < 4.78 is 10.8. The van der Waals surface area contributed by atoms with Crippen molar-refractivity contribution < 1.29 is 14.3 Å². The molecule has 0 aliphatic heterocycles. The highest BCUT2D eigenvalue weighted by Crippen LogP contribution is 2.30. The van der Waals surface area contributed by atoms with Crippen LogP contribution in [0.2, 0.25) is 0 Å². The van der Waals surface area contributed by atoms with E-state index in [0.717, 1.165) is 19.3 Å². The largest absolute Gasteiger partial charge is 0.498 e. The predicted molar refractivity (Wildman–Crippen MR) is 80.5 cm³/mol. The van der Waals surface area contributed by atoms with E-state index in [9.17, 15) is 4.79 Å². The number of alkyl carbamates (subject to hydrolysis) is 1. The van der Waals surface area contributed by atoms with Gasteiger partial charge >= 0.3 is 6.09 Å². The highest BCUT2D eigenvalue weighted by molar-refractivity contribution is 5.67. The van der Waals surface area contributed by atoms with E-state index in [0.29, 0.717) is 18.6 Å². The first-order valence-electron chi connectivity index (χ1n) is 7.65. The van der Waals surface area contributed by atoms with E-state index in [-0.39, 0.29) is 6.09 Å². The average Bonchev–Trinajstić information content (AvgIpc) is 2.34. The third-order valence-electron chi connectivity index (χ3n) is 3.53. The molecule has 4 heteroatoms. The lowest BCUT2D eigenvalue weighted by Gasteiger charge is -2.30. The van der Waals surface area contributed by atoms with Gasteiger partial charge in [0.2, 0.25) is 0 Å². The fraction of sp³-hybridized carbons (Fsp3) is 0.812. The van der Waals surface area contributed by atoms with Crippen molar-refractivity contribution in [2.45, 2.75) is 71.0 Å². The Bertz CT molecular complexity index is 309. The van der Waals surface area contributed by atoms with Crippen LogP contribution in [-0.4, -0.2) is 24.3 Å². The summed E-state index contributed by atoms with van der Waals surface area (Å²) in [5.41, 5.74) is -0.434. The molecule has 0 aromatic carbocycles. The van der Waals surface area contributed by atoms with Crippen LogP contribution in [0.3, 0.4) is 0 Å². The van der Waals surface area contributed by atoms with Crippen molar-refractivity contribution >= 4 is 6.09 Å². The second-order valence-electron chi connectivity index (χ2n) is 6.46. The summed E-state index contributed by atoms with van der Waals surface area (Å²) in [4.78, 5) is 11.5. The fourth-order valence-corrected chi connectivity index (χ4v) is 2.68. The highest BCUT2D eigenvalue weighted by atomic mass is 16.6. The van der Waals surface area contributed by atoms with Crippen LogP contribution in [0.15, 0.2) is 12.8 Å². The smallest absolute Gasteiger partial charge is 0.407 e. The first kappa shape index (κ1) is 16.9. The maximum Gasteiger partial charge on any atom is 0.407 e. The lowest BCUT2D eigenvalue weighted by atomic mass is 9.83. The van der Waals surface area contributed by atoms with Crippen molar-refractivity contribution in [2.24, 2.45) is 5.92 Å². The van der Waals surface area contributed by atoms with Gasteiger partial charge in [0.1, 0.15) is 11.7 Å². The number of hydrogen-bond donors (Lipinski definition) is 1. The Hall–Kier alpha value is -1.19. The van der Waals surface area contributed by atoms with Crippen LogP contribution in [0.4, 0.5) is 4.79 Å². The number of amides is 1. The predicted octanol–water partition coefficient (Wildman–Crippen LogP) is 4.01. The number of ether oxygens (including phenoxy) is 2. The van der Waals surface area contributed by atoms with Gasteiger partial charge in [-0.05, 0) is 58.8 Å². The molecular formula is C16H29NO3. The second kappa shape index (κ2) is 8.18. The summed E-state index contributed by atoms with van der Waals surface area (Å²) in [6.45, 7) is 9.91. The topological polar surface area (TPSA) is 47.6 Å². The number of nitrogens with one attached hydrogen (secondary N) is 1. The first-order valence-corrected chi connectivity index (χ1v) is 7.65. The van der Waals surface area contributed by atoms with Gasteiger partial charge in [-0.2, -0.15) is 0 Å². The molecule has 0 spiro atoms. The van der Waals surface area contributed by atoms with Gasteiger partial charge in [-0.1, -0.05) is 13.0 Å². The molecule has 0 aromatic heterocycles. The van der Waals surface area contributed by atoms with Crippen LogP contribution >= 0.6 is 0 Å². The van der Waals surface area contributed by atoms with E-state index < -0.39 is 5.60 Å².